The quantitative estimate of drug-likeness (QED) is 0.373. The van der Waals surface area contributed by atoms with Crippen LogP contribution in [-0.4, -0.2) is 20.0 Å². The van der Waals surface area contributed by atoms with Crippen molar-refractivity contribution in [1.82, 2.24) is 0 Å². The summed E-state index contributed by atoms with van der Waals surface area (Å²) in [6.07, 6.45) is 16.7. The van der Waals surface area contributed by atoms with E-state index >= 15 is 0 Å². The van der Waals surface area contributed by atoms with Crippen molar-refractivity contribution in [2.45, 2.75) is 26.7 Å². The summed E-state index contributed by atoms with van der Waals surface area (Å²) in [6.45, 7) is 10.8. The van der Waals surface area contributed by atoms with Gasteiger partial charge in [0.05, 0.1) is 0 Å². The maximum atomic E-state index is 4.62. The Bertz CT molecular complexity index is 362. The molecule has 0 fully saturated rings. The van der Waals surface area contributed by atoms with Gasteiger partial charge in [-0.3, -0.25) is 4.74 Å². The molecule has 1 aliphatic carbocycles. The van der Waals surface area contributed by atoms with Crippen molar-refractivity contribution in [3.63, 3.8) is 0 Å². The van der Waals surface area contributed by atoms with E-state index < -0.39 is 7.05 Å². The van der Waals surface area contributed by atoms with Gasteiger partial charge in [0.1, 0.15) is 0 Å². The Labute approximate surface area is 128 Å². The maximum Gasteiger partial charge on any atom is 0.0424 e. The van der Waals surface area contributed by atoms with E-state index in [-0.39, 0.29) is 21.7 Å². The topological polar surface area (TPSA) is 12.4 Å². The molecule has 0 aromatic carbocycles. The van der Waals surface area contributed by atoms with Gasteiger partial charge in [0.15, 0.2) is 0 Å². The molecule has 0 amide bonds. The van der Waals surface area contributed by atoms with Crippen LogP contribution in [0.3, 0.4) is 0 Å². The fraction of sp³-hybridized carbons (Fsp3) is 0.467. The average molecular weight is 299 g/mol. The molecule has 0 aliphatic heterocycles. The number of hydrogen-bond donors (Lipinski definition) is 0. The molecule has 0 saturated carbocycles. The summed E-state index contributed by atoms with van der Waals surface area (Å²) >= 11 is 0. The molecule has 0 N–H and O–H groups in total. The molecule has 0 unspecified atom stereocenters. The van der Waals surface area contributed by atoms with Crippen LogP contribution in [0.4, 0.5) is 0 Å². The van der Waals surface area contributed by atoms with E-state index in [1.165, 1.54) is 5.70 Å². The minimum Gasteiger partial charge on any atom is -0.272 e. The second kappa shape index (κ2) is 12.0. The third-order valence-electron chi connectivity index (χ3n) is 1.86. The summed E-state index contributed by atoms with van der Waals surface area (Å²) in [5.74, 6) is 0. The smallest absolute Gasteiger partial charge is 0.0424 e. The van der Waals surface area contributed by atoms with Crippen molar-refractivity contribution in [2.24, 2.45) is 4.74 Å². The second-order valence-corrected chi connectivity index (χ2v) is 8.78. The van der Waals surface area contributed by atoms with E-state index in [4.69, 9.17) is 0 Å². The van der Waals surface area contributed by atoms with Crippen molar-refractivity contribution < 1.29 is 21.7 Å². The van der Waals surface area contributed by atoms with Crippen LogP contribution in [0.2, 0.25) is 0 Å². The second-order valence-electron chi connectivity index (χ2n) is 4.69. The van der Waals surface area contributed by atoms with Gasteiger partial charge in [-0.1, -0.05) is 43.4 Å². The third kappa shape index (κ3) is 14.0. The molecule has 0 radical (unpaired) electrons. The van der Waals surface area contributed by atoms with Crippen LogP contribution in [0.5, 0.6) is 0 Å². The molecule has 0 spiro atoms. The van der Waals surface area contributed by atoms with Crippen LogP contribution < -0.4 is 0 Å². The van der Waals surface area contributed by atoms with E-state index in [2.05, 4.69) is 62.0 Å². The SMILES string of the molecule is CC=CC=CCC.CP(C)(C)=NC1=CC=CC1.[Ti]. The van der Waals surface area contributed by atoms with E-state index in [1.807, 2.05) is 19.1 Å². The van der Waals surface area contributed by atoms with Crippen molar-refractivity contribution in [3.05, 3.63) is 48.2 Å². The van der Waals surface area contributed by atoms with Crippen molar-refractivity contribution in [3.8, 4) is 0 Å². The Kier molecular flexibility index (Phi) is 13.4. The molecule has 18 heavy (non-hydrogen) atoms. The van der Waals surface area contributed by atoms with Crippen LogP contribution in [0.25, 0.3) is 0 Å². The first-order valence-corrected chi connectivity index (χ1v) is 9.26. The summed E-state index contributed by atoms with van der Waals surface area (Å²) in [5.41, 5.74) is 1.25. The van der Waals surface area contributed by atoms with Gasteiger partial charge in [-0.2, -0.15) is 0 Å². The zero-order valence-electron chi connectivity index (χ0n) is 12.4. The fourth-order valence-corrected chi connectivity index (χ4v) is 2.14. The zero-order chi connectivity index (χ0) is 13.1. The van der Waals surface area contributed by atoms with Gasteiger partial charge >= 0.3 is 0 Å². The number of rotatable bonds is 3. The average Bonchev–Trinajstić information content (AvgIpc) is 2.70. The Morgan fingerprint density at radius 2 is 1.94 bits per heavy atom. The summed E-state index contributed by atoms with van der Waals surface area (Å²) in [4.78, 5) is 0. The van der Waals surface area contributed by atoms with Gasteiger partial charge in [-0.25, -0.2) is 0 Å². The first-order valence-electron chi connectivity index (χ1n) is 6.18. The van der Waals surface area contributed by atoms with E-state index in [9.17, 15) is 0 Å². The molecule has 0 aromatic heterocycles. The summed E-state index contributed by atoms with van der Waals surface area (Å²) in [7, 11) is -0.948. The van der Waals surface area contributed by atoms with Crippen molar-refractivity contribution in [2.75, 3.05) is 20.0 Å². The first-order chi connectivity index (χ1) is 7.99. The summed E-state index contributed by atoms with van der Waals surface area (Å²) in [5, 5.41) is 0. The molecular formula is C15H26NPTi. The molecule has 0 bridgehead atoms. The monoisotopic (exact) mass is 299 g/mol. The van der Waals surface area contributed by atoms with Crippen LogP contribution in [-0.2, 0) is 21.7 Å². The van der Waals surface area contributed by atoms with Crippen molar-refractivity contribution in [1.29, 1.82) is 0 Å². The van der Waals surface area contributed by atoms with Gasteiger partial charge in [0.2, 0.25) is 0 Å². The van der Waals surface area contributed by atoms with Crippen LogP contribution in [0, 0.1) is 0 Å². The third-order valence-corrected chi connectivity index (χ3v) is 2.71. The van der Waals surface area contributed by atoms with E-state index in [0.717, 1.165) is 12.8 Å². The maximum absolute atomic E-state index is 4.62. The normalized spacial score (nSPS) is 14.2. The number of hydrogen-bond acceptors (Lipinski definition) is 1. The predicted octanol–water partition coefficient (Wildman–Crippen LogP) is 5.45. The van der Waals surface area contributed by atoms with Gasteiger partial charge in [0.25, 0.3) is 0 Å². The number of allylic oxidation sites excluding steroid dienone is 7. The fourth-order valence-electron chi connectivity index (χ4n) is 1.22. The molecule has 1 rings (SSSR count). The Hall–Kier alpha value is -0.0957. The molecule has 0 atom stereocenters. The Morgan fingerprint density at radius 1 is 1.28 bits per heavy atom. The van der Waals surface area contributed by atoms with Crippen LogP contribution in [0.1, 0.15) is 26.7 Å². The van der Waals surface area contributed by atoms with E-state index in [0.29, 0.717) is 0 Å². The molecule has 0 saturated heterocycles. The molecule has 1 aliphatic rings. The van der Waals surface area contributed by atoms with Crippen molar-refractivity contribution >= 4 is 7.05 Å². The van der Waals surface area contributed by atoms with Gasteiger partial charge < -0.3 is 0 Å². The molecule has 100 valence electrons. The largest absolute Gasteiger partial charge is 0.272 e. The van der Waals surface area contributed by atoms with Gasteiger partial charge in [-0.05, 0) is 46.5 Å². The minimum absolute atomic E-state index is 0. The van der Waals surface area contributed by atoms with E-state index in [1.54, 1.807) is 0 Å². The standard InChI is InChI=1S/C8H14NP.C7H12.Ti/c1-10(2,3)9-8-6-4-5-7-8;1-3-5-7-6-4-2;/h4-6H,7H2,1-3H3;3,5-7H,4H2,1-2H3;. The first kappa shape index (κ1) is 20.2. The molecule has 0 aromatic rings. The Morgan fingerprint density at radius 3 is 2.33 bits per heavy atom. The Balaban J connectivity index is 0. The zero-order valence-corrected chi connectivity index (χ0v) is 14.8. The minimum atomic E-state index is -0.948. The predicted molar refractivity (Wildman–Crippen MR) is 83.2 cm³/mol. The van der Waals surface area contributed by atoms with Crippen LogP contribution in [0.15, 0.2) is 53.0 Å². The van der Waals surface area contributed by atoms with Gasteiger partial charge in [0, 0.05) is 33.8 Å². The van der Waals surface area contributed by atoms with Crippen LogP contribution >= 0.6 is 7.05 Å². The molecule has 1 nitrogen and oxygen atoms in total. The molecule has 0 heterocycles. The molecular weight excluding hydrogens is 273 g/mol. The number of nitrogens with zero attached hydrogens (tertiary/aromatic N) is 1. The molecule has 3 heteroatoms. The summed E-state index contributed by atoms with van der Waals surface area (Å²) < 4.78 is 4.62. The van der Waals surface area contributed by atoms with Gasteiger partial charge in [-0.15, -0.1) is 0 Å². The summed E-state index contributed by atoms with van der Waals surface area (Å²) in [6, 6.07) is 0.